The molecule has 0 N–H and O–H groups in total. The van der Waals surface area contributed by atoms with E-state index < -0.39 is 22.5 Å². The van der Waals surface area contributed by atoms with E-state index in [-0.39, 0.29) is 12.0 Å². The lowest BCUT2D eigenvalue weighted by Crippen LogP contribution is -2.20. The minimum Gasteiger partial charge on any atom is -0.468 e. The van der Waals surface area contributed by atoms with Gasteiger partial charge in [-0.1, -0.05) is 37.9 Å². The van der Waals surface area contributed by atoms with E-state index in [4.69, 9.17) is 0 Å². The average Bonchev–Trinajstić information content (AvgIpc) is 2.28. The number of hydrogen-bond acceptors (Lipinski definition) is 2. The van der Waals surface area contributed by atoms with Crippen LogP contribution in [-0.4, -0.2) is 17.9 Å². The summed E-state index contributed by atoms with van der Waals surface area (Å²) in [4.78, 5) is 10.4. The van der Waals surface area contributed by atoms with Crippen LogP contribution in [0.1, 0.15) is 11.1 Å². The third-order valence-electron chi connectivity index (χ3n) is 2.23. The van der Waals surface area contributed by atoms with Gasteiger partial charge in [0.15, 0.2) is 0 Å². The highest BCUT2D eigenvalue weighted by Crippen LogP contribution is 2.34. The van der Waals surface area contributed by atoms with Gasteiger partial charge in [-0.2, -0.15) is 13.2 Å². The van der Waals surface area contributed by atoms with Crippen LogP contribution in [0, 0.1) is 0 Å². The first-order chi connectivity index (χ1) is 8.25. The van der Waals surface area contributed by atoms with E-state index in [1.165, 1.54) is 19.2 Å². The van der Waals surface area contributed by atoms with E-state index in [1.54, 1.807) is 0 Å². The highest BCUT2D eigenvalue weighted by Gasteiger charge is 2.34. The van der Waals surface area contributed by atoms with Gasteiger partial charge in [0.05, 0.1) is 12.7 Å². The summed E-state index contributed by atoms with van der Waals surface area (Å²) in [5.41, 5.74) is -0.719. The van der Waals surface area contributed by atoms with E-state index >= 15 is 0 Å². The van der Waals surface area contributed by atoms with Crippen molar-refractivity contribution in [3.8, 4) is 0 Å². The van der Waals surface area contributed by atoms with Crippen LogP contribution < -0.4 is 0 Å². The summed E-state index contributed by atoms with van der Waals surface area (Å²) in [6, 6.07) is 3.83. The summed E-state index contributed by atoms with van der Waals surface area (Å²) in [5, 5.41) is 0. The van der Waals surface area contributed by atoms with Crippen LogP contribution in [0.5, 0.6) is 0 Å². The average molecular weight is 390 g/mol. The summed E-state index contributed by atoms with van der Waals surface area (Å²) in [5.74, 6) is -0.606. The Morgan fingerprint density at radius 2 is 2.06 bits per heavy atom. The Morgan fingerprint density at radius 3 is 2.56 bits per heavy atom. The van der Waals surface area contributed by atoms with Gasteiger partial charge < -0.3 is 4.74 Å². The zero-order chi connectivity index (χ0) is 13.9. The van der Waals surface area contributed by atoms with Gasteiger partial charge in [0, 0.05) is 4.47 Å². The lowest BCUT2D eigenvalue weighted by Gasteiger charge is -2.15. The predicted octanol–water partition coefficient (Wildman–Crippen LogP) is 3.95. The Bertz CT molecular complexity index is 446. The number of rotatable bonds is 3. The van der Waals surface area contributed by atoms with Crippen molar-refractivity contribution in [2.45, 2.75) is 17.4 Å². The molecule has 100 valence electrons. The van der Waals surface area contributed by atoms with E-state index in [0.717, 1.165) is 6.07 Å². The molecule has 2 nitrogen and oxygen atoms in total. The minimum atomic E-state index is -4.46. The predicted molar refractivity (Wildman–Crippen MR) is 67.6 cm³/mol. The summed E-state index contributed by atoms with van der Waals surface area (Å²) >= 11 is 6.00. The molecule has 0 saturated heterocycles. The first-order valence-corrected chi connectivity index (χ1v) is 6.54. The van der Waals surface area contributed by atoms with Crippen LogP contribution >= 0.6 is 31.9 Å². The normalized spacial score (nSPS) is 13.2. The second-order valence-electron chi connectivity index (χ2n) is 3.49. The van der Waals surface area contributed by atoms with Crippen LogP contribution in [-0.2, 0) is 22.1 Å². The summed E-state index contributed by atoms with van der Waals surface area (Å²) in [6.07, 6.45) is -4.54. The maximum Gasteiger partial charge on any atom is 0.416 e. The summed E-state index contributed by atoms with van der Waals surface area (Å²) < 4.78 is 43.2. The second kappa shape index (κ2) is 6.06. The minimum absolute atomic E-state index is 0.0398. The standard InChI is InChI=1S/C11H9Br2F3O2/c1-18-10(17)9(13)4-6-2-3-7(12)5-8(6)11(14,15)16/h2-3,5,9H,4H2,1H3. The van der Waals surface area contributed by atoms with Crippen molar-refractivity contribution in [3.05, 3.63) is 33.8 Å². The molecule has 0 aliphatic rings. The molecule has 0 bridgehead atoms. The van der Waals surface area contributed by atoms with Crippen molar-refractivity contribution >= 4 is 37.8 Å². The molecule has 0 spiro atoms. The molecule has 0 aliphatic heterocycles. The molecule has 1 unspecified atom stereocenters. The van der Waals surface area contributed by atoms with Crippen molar-refractivity contribution in [1.29, 1.82) is 0 Å². The van der Waals surface area contributed by atoms with Crippen LogP contribution in [0.4, 0.5) is 13.2 Å². The van der Waals surface area contributed by atoms with Crippen molar-refractivity contribution in [2.24, 2.45) is 0 Å². The number of hydrogen-bond donors (Lipinski definition) is 0. The van der Waals surface area contributed by atoms with Gasteiger partial charge in [0.2, 0.25) is 0 Å². The number of ether oxygens (including phenoxy) is 1. The fraction of sp³-hybridized carbons (Fsp3) is 0.364. The Hall–Kier alpha value is -0.560. The van der Waals surface area contributed by atoms with Gasteiger partial charge in [-0.3, -0.25) is 4.79 Å². The fourth-order valence-corrected chi connectivity index (χ4v) is 2.29. The van der Waals surface area contributed by atoms with Crippen LogP contribution in [0.2, 0.25) is 0 Å². The molecule has 0 saturated carbocycles. The molecule has 0 radical (unpaired) electrons. The Labute approximate surface area is 119 Å². The summed E-state index contributed by atoms with van der Waals surface area (Å²) in [6.45, 7) is 0. The third-order valence-corrected chi connectivity index (χ3v) is 3.42. The number of carbonyl (C=O) groups excluding carboxylic acids is 1. The van der Waals surface area contributed by atoms with Crippen molar-refractivity contribution in [2.75, 3.05) is 7.11 Å². The van der Waals surface area contributed by atoms with Crippen LogP contribution in [0.3, 0.4) is 0 Å². The second-order valence-corrected chi connectivity index (χ2v) is 5.52. The number of esters is 1. The molecule has 0 heterocycles. The molecule has 7 heteroatoms. The van der Waals surface area contributed by atoms with Crippen molar-refractivity contribution in [3.63, 3.8) is 0 Å². The van der Waals surface area contributed by atoms with Gasteiger partial charge in [-0.15, -0.1) is 0 Å². The SMILES string of the molecule is COC(=O)C(Br)Cc1ccc(Br)cc1C(F)(F)F. The third kappa shape index (κ3) is 3.98. The molecule has 1 atom stereocenters. The number of halogens is 5. The molecule has 1 aromatic carbocycles. The first-order valence-electron chi connectivity index (χ1n) is 4.83. The van der Waals surface area contributed by atoms with E-state index in [1.807, 2.05) is 0 Å². The molecule has 0 aliphatic carbocycles. The molecular formula is C11H9Br2F3O2. The largest absolute Gasteiger partial charge is 0.468 e. The number of benzene rings is 1. The van der Waals surface area contributed by atoms with Crippen molar-refractivity contribution < 1.29 is 22.7 Å². The molecule has 18 heavy (non-hydrogen) atoms. The van der Waals surface area contributed by atoms with E-state index in [9.17, 15) is 18.0 Å². The smallest absolute Gasteiger partial charge is 0.416 e. The molecule has 0 aromatic heterocycles. The number of methoxy groups -OCH3 is 1. The Balaban J connectivity index is 3.06. The Kier molecular flexibility index (Phi) is 5.21. The van der Waals surface area contributed by atoms with Gasteiger partial charge in [0.25, 0.3) is 0 Å². The van der Waals surface area contributed by atoms with Gasteiger partial charge in [0.1, 0.15) is 4.83 Å². The monoisotopic (exact) mass is 388 g/mol. The maximum absolute atomic E-state index is 12.8. The molecule has 1 rings (SSSR count). The lowest BCUT2D eigenvalue weighted by molar-refractivity contribution is -0.141. The molecular weight excluding hydrogens is 381 g/mol. The zero-order valence-electron chi connectivity index (χ0n) is 9.22. The van der Waals surface area contributed by atoms with Crippen LogP contribution in [0.25, 0.3) is 0 Å². The highest BCUT2D eigenvalue weighted by molar-refractivity contribution is 9.10. The zero-order valence-corrected chi connectivity index (χ0v) is 12.4. The first kappa shape index (κ1) is 15.5. The Morgan fingerprint density at radius 1 is 1.44 bits per heavy atom. The molecule has 1 aromatic rings. The molecule has 0 fully saturated rings. The van der Waals surface area contributed by atoms with Gasteiger partial charge in [-0.25, -0.2) is 0 Å². The summed E-state index contributed by atoms with van der Waals surface area (Å²) in [7, 11) is 1.18. The topological polar surface area (TPSA) is 26.3 Å². The van der Waals surface area contributed by atoms with E-state index in [2.05, 4.69) is 36.6 Å². The van der Waals surface area contributed by atoms with Gasteiger partial charge >= 0.3 is 12.1 Å². The van der Waals surface area contributed by atoms with Crippen molar-refractivity contribution in [1.82, 2.24) is 0 Å². The number of alkyl halides is 4. The van der Waals surface area contributed by atoms with Crippen LogP contribution in [0.15, 0.2) is 22.7 Å². The van der Waals surface area contributed by atoms with Gasteiger partial charge in [-0.05, 0) is 24.1 Å². The fourth-order valence-electron chi connectivity index (χ4n) is 1.39. The quantitative estimate of drug-likeness (QED) is 0.578. The highest BCUT2D eigenvalue weighted by atomic mass is 79.9. The maximum atomic E-state index is 12.8. The molecule has 0 amide bonds. The number of carbonyl (C=O) groups is 1. The lowest BCUT2D eigenvalue weighted by atomic mass is 10.0. The van der Waals surface area contributed by atoms with E-state index in [0.29, 0.717) is 4.47 Å².